The molecule has 2 N–H and O–H groups in total. The Kier molecular flexibility index (Phi) is 7.17. The van der Waals surface area contributed by atoms with Crippen molar-refractivity contribution in [3.63, 3.8) is 0 Å². The van der Waals surface area contributed by atoms with Crippen molar-refractivity contribution in [3.05, 3.63) is 77.7 Å². The van der Waals surface area contributed by atoms with Crippen LogP contribution < -0.4 is 10.6 Å². The number of nitrogens with zero attached hydrogens (tertiary/aromatic N) is 4. The van der Waals surface area contributed by atoms with Gasteiger partial charge in [0.2, 0.25) is 5.91 Å². The highest BCUT2D eigenvalue weighted by atomic mass is 19.4. The van der Waals surface area contributed by atoms with Crippen LogP contribution in [0.15, 0.2) is 60.9 Å². The monoisotopic (exact) mass is 524 g/mol. The molecule has 1 atom stereocenters. The Balaban J connectivity index is 1.22. The summed E-state index contributed by atoms with van der Waals surface area (Å²) in [5.74, 6) is 0.214. The summed E-state index contributed by atoms with van der Waals surface area (Å²) >= 11 is 0. The van der Waals surface area contributed by atoms with Crippen LogP contribution >= 0.6 is 0 Å². The summed E-state index contributed by atoms with van der Waals surface area (Å²) in [7, 11) is 0. The number of hydrogen-bond acceptors (Lipinski definition) is 5. The van der Waals surface area contributed by atoms with Gasteiger partial charge in [-0.3, -0.25) is 10.1 Å². The SMILES string of the molecule is O=C(Nc1ccccn1)N1CCCC(C(=O)N2CCc3c(cccc3Nc3ccc(C(F)(F)F)nc3)C2)C1. The van der Waals surface area contributed by atoms with Crippen LogP contribution in [0.25, 0.3) is 0 Å². The number of urea groups is 1. The topological polar surface area (TPSA) is 90.5 Å². The Bertz CT molecular complexity index is 1300. The second-order valence-electron chi connectivity index (χ2n) is 9.44. The van der Waals surface area contributed by atoms with Crippen molar-refractivity contribution in [2.24, 2.45) is 5.92 Å². The quantitative estimate of drug-likeness (QED) is 0.498. The maximum Gasteiger partial charge on any atom is 0.433 e. The van der Waals surface area contributed by atoms with E-state index in [1.165, 1.54) is 12.3 Å². The first-order valence-corrected chi connectivity index (χ1v) is 12.4. The molecule has 38 heavy (non-hydrogen) atoms. The van der Waals surface area contributed by atoms with Crippen LogP contribution in [0, 0.1) is 5.92 Å². The highest BCUT2D eigenvalue weighted by Crippen LogP contribution is 2.32. The van der Waals surface area contributed by atoms with E-state index in [0.717, 1.165) is 35.7 Å². The van der Waals surface area contributed by atoms with E-state index in [1.54, 1.807) is 29.3 Å². The number of pyridine rings is 2. The molecule has 5 rings (SSSR count). The Morgan fingerprint density at radius 2 is 1.84 bits per heavy atom. The van der Waals surface area contributed by atoms with Gasteiger partial charge in [-0.25, -0.2) is 14.8 Å². The van der Waals surface area contributed by atoms with Crippen molar-refractivity contribution in [1.82, 2.24) is 19.8 Å². The minimum absolute atomic E-state index is 0.0243. The zero-order valence-electron chi connectivity index (χ0n) is 20.5. The summed E-state index contributed by atoms with van der Waals surface area (Å²) in [6.07, 6.45) is 0.352. The second kappa shape index (κ2) is 10.7. The zero-order chi connectivity index (χ0) is 26.7. The van der Waals surface area contributed by atoms with E-state index in [4.69, 9.17) is 0 Å². The average Bonchev–Trinajstić information content (AvgIpc) is 2.93. The van der Waals surface area contributed by atoms with Crippen LogP contribution in [-0.4, -0.2) is 51.3 Å². The Morgan fingerprint density at radius 1 is 0.974 bits per heavy atom. The smallest absolute Gasteiger partial charge is 0.354 e. The third-order valence-corrected chi connectivity index (χ3v) is 6.87. The van der Waals surface area contributed by atoms with E-state index < -0.39 is 11.9 Å². The molecule has 1 unspecified atom stereocenters. The number of fused-ring (bicyclic) bond motifs is 1. The highest BCUT2D eigenvalue weighted by Gasteiger charge is 2.34. The largest absolute Gasteiger partial charge is 0.433 e. The van der Waals surface area contributed by atoms with E-state index in [0.29, 0.717) is 44.1 Å². The summed E-state index contributed by atoms with van der Waals surface area (Å²) in [6.45, 7) is 1.89. The van der Waals surface area contributed by atoms with Crippen molar-refractivity contribution >= 4 is 29.1 Å². The first kappa shape index (κ1) is 25.5. The number of anilines is 3. The highest BCUT2D eigenvalue weighted by molar-refractivity contribution is 5.89. The number of rotatable bonds is 4. The van der Waals surface area contributed by atoms with Gasteiger partial charge in [-0.2, -0.15) is 13.2 Å². The lowest BCUT2D eigenvalue weighted by atomic mass is 9.93. The van der Waals surface area contributed by atoms with E-state index in [9.17, 15) is 22.8 Å². The molecular weight excluding hydrogens is 497 g/mol. The van der Waals surface area contributed by atoms with Crippen molar-refractivity contribution in [2.75, 3.05) is 30.3 Å². The molecule has 1 fully saturated rings. The normalized spacial score (nSPS) is 17.5. The number of aromatic nitrogens is 2. The number of likely N-dealkylation sites (tertiary alicyclic amines) is 1. The lowest BCUT2D eigenvalue weighted by Crippen LogP contribution is -2.48. The molecule has 11 heteroatoms. The van der Waals surface area contributed by atoms with Gasteiger partial charge in [0.25, 0.3) is 0 Å². The van der Waals surface area contributed by atoms with Crippen molar-refractivity contribution < 1.29 is 22.8 Å². The van der Waals surface area contributed by atoms with E-state index >= 15 is 0 Å². The predicted octanol–water partition coefficient (Wildman–Crippen LogP) is 5.07. The van der Waals surface area contributed by atoms with E-state index in [1.807, 2.05) is 23.1 Å². The molecule has 4 heterocycles. The summed E-state index contributed by atoms with van der Waals surface area (Å²) < 4.78 is 38.5. The molecule has 3 amide bonds. The van der Waals surface area contributed by atoms with Gasteiger partial charge >= 0.3 is 12.2 Å². The van der Waals surface area contributed by atoms with Gasteiger partial charge in [0.15, 0.2) is 0 Å². The van der Waals surface area contributed by atoms with Gasteiger partial charge in [-0.1, -0.05) is 18.2 Å². The lowest BCUT2D eigenvalue weighted by molar-refractivity contribution is -0.141. The standard InChI is InChI=1S/C27H27F3N6O2/c28-27(29,30)23-10-9-20(15-32-23)33-22-7-3-5-18-16-35(14-11-21(18)22)25(37)19-6-4-13-36(17-19)26(38)34-24-8-1-2-12-31-24/h1-3,5,7-10,12,15,19,33H,4,6,11,13-14,16-17H2,(H,31,34,38). The number of halogens is 3. The maximum absolute atomic E-state index is 13.4. The predicted molar refractivity (Wildman–Crippen MR) is 136 cm³/mol. The molecule has 2 aromatic heterocycles. The Morgan fingerprint density at radius 3 is 2.58 bits per heavy atom. The van der Waals surface area contributed by atoms with Gasteiger partial charge in [0, 0.05) is 38.1 Å². The number of nitrogens with one attached hydrogen (secondary N) is 2. The third-order valence-electron chi connectivity index (χ3n) is 6.87. The number of carbonyl (C=O) groups is 2. The first-order chi connectivity index (χ1) is 18.3. The van der Waals surface area contributed by atoms with Gasteiger partial charge in [0.05, 0.1) is 17.8 Å². The number of benzene rings is 1. The molecule has 0 aliphatic carbocycles. The van der Waals surface area contributed by atoms with E-state index in [-0.39, 0.29) is 17.9 Å². The van der Waals surface area contributed by atoms with Gasteiger partial charge in [-0.05, 0) is 60.7 Å². The molecule has 0 spiro atoms. The fourth-order valence-electron chi connectivity index (χ4n) is 4.95. The fourth-order valence-corrected chi connectivity index (χ4v) is 4.95. The molecule has 1 saturated heterocycles. The van der Waals surface area contributed by atoms with Crippen LogP contribution in [-0.2, 0) is 23.9 Å². The Hall–Kier alpha value is -4.15. The molecule has 3 aromatic rings. The van der Waals surface area contributed by atoms with Crippen LogP contribution in [0.4, 0.5) is 35.2 Å². The van der Waals surface area contributed by atoms with Crippen molar-refractivity contribution in [3.8, 4) is 0 Å². The van der Waals surface area contributed by atoms with Gasteiger partial charge in [-0.15, -0.1) is 0 Å². The minimum Gasteiger partial charge on any atom is -0.354 e. The molecular formula is C27H27F3N6O2. The number of amides is 3. The van der Waals surface area contributed by atoms with Crippen molar-refractivity contribution in [2.45, 2.75) is 32.0 Å². The molecule has 8 nitrogen and oxygen atoms in total. The van der Waals surface area contributed by atoms with Gasteiger partial charge in [0.1, 0.15) is 11.5 Å². The van der Waals surface area contributed by atoms with Crippen LogP contribution in [0.2, 0.25) is 0 Å². The summed E-state index contributed by atoms with van der Waals surface area (Å²) in [5.41, 5.74) is 2.30. The first-order valence-electron chi connectivity index (χ1n) is 12.4. The molecule has 2 aliphatic heterocycles. The van der Waals surface area contributed by atoms with Gasteiger partial charge < -0.3 is 15.1 Å². The van der Waals surface area contributed by atoms with Crippen LogP contribution in [0.3, 0.4) is 0 Å². The summed E-state index contributed by atoms with van der Waals surface area (Å²) in [5, 5.41) is 5.95. The lowest BCUT2D eigenvalue weighted by Gasteiger charge is -2.37. The molecule has 2 aliphatic rings. The number of piperidine rings is 1. The minimum atomic E-state index is -4.49. The molecule has 0 bridgehead atoms. The van der Waals surface area contributed by atoms with Crippen molar-refractivity contribution in [1.29, 1.82) is 0 Å². The number of carbonyl (C=O) groups excluding carboxylic acids is 2. The number of alkyl halides is 3. The molecule has 1 aromatic carbocycles. The maximum atomic E-state index is 13.4. The van der Waals surface area contributed by atoms with E-state index in [2.05, 4.69) is 20.6 Å². The second-order valence-corrected chi connectivity index (χ2v) is 9.44. The molecule has 0 saturated carbocycles. The third kappa shape index (κ3) is 5.71. The van der Waals surface area contributed by atoms with Crippen LogP contribution in [0.5, 0.6) is 0 Å². The Labute approximate surface area is 217 Å². The fraction of sp³-hybridized carbons (Fsp3) is 0.333. The molecule has 198 valence electrons. The summed E-state index contributed by atoms with van der Waals surface area (Å²) in [6, 6.07) is 13.0. The summed E-state index contributed by atoms with van der Waals surface area (Å²) in [4.78, 5) is 37.3. The molecule has 0 radical (unpaired) electrons. The number of hydrogen-bond donors (Lipinski definition) is 2. The average molecular weight is 525 g/mol. The van der Waals surface area contributed by atoms with Crippen LogP contribution in [0.1, 0.15) is 29.7 Å². The zero-order valence-corrected chi connectivity index (χ0v) is 20.5.